The number of phenols is 1. The van der Waals surface area contributed by atoms with E-state index >= 15 is 0 Å². The summed E-state index contributed by atoms with van der Waals surface area (Å²) in [4.78, 5) is 0. The predicted molar refractivity (Wildman–Crippen MR) is 71.5 cm³/mol. The first-order valence-electron chi connectivity index (χ1n) is 5.72. The molecule has 0 aliphatic carbocycles. The van der Waals surface area contributed by atoms with Crippen LogP contribution in [0.5, 0.6) is 11.5 Å². The summed E-state index contributed by atoms with van der Waals surface area (Å²) in [7, 11) is 1.59. The Balaban J connectivity index is 2.22. The molecule has 2 aromatic carbocycles. The van der Waals surface area contributed by atoms with Crippen LogP contribution in [-0.4, -0.2) is 16.8 Å². The molecule has 0 spiro atoms. The molecule has 0 saturated carbocycles. The minimum Gasteiger partial charge on any atom is -0.508 e. The van der Waals surface area contributed by atoms with Gasteiger partial charge < -0.3 is 14.4 Å². The lowest BCUT2D eigenvalue weighted by Crippen LogP contribution is -1.93. The van der Waals surface area contributed by atoms with Crippen molar-refractivity contribution in [2.24, 2.45) is 0 Å². The van der Waals surface area contributed by atoms with E-state index in [1.165, 1.54) is 5.39 Å². The molecule has 0 radical (unpaired) electrons. The van der Waals surface area contributed by atoms with Crippen LogP contribution < -0.4 is 4.74 Å². The average molecular weight is 239 g/mol. The van der Waals surface area contributed by atoms with E-state index in [4.69, 9.17) is 4.74 Å². The lowest BCUT2D eigenvalue weighted by atomic mass is 10.2. The van der Waals surface area contributed by atoms with Crippen molar-refractivity contribution in [2.45, 2.75) is 0 Å². The van der Waals surface area contributed by atoms with E-state index in [0.717, 1.165) is 11.2 Å². The molecule has 3 aromatic rings. The Morgan fingerprint density at radius 3 is 2.72 bits per heavy atom. The SMILES string of the molecule is COc1cc(O)cc(-n2ccc3ccccc32)c1. The van der Waals surface area contributed by atoms with Crippen molar-refractivity contribution in [3.63, 3.8) is 0 Å². The summed E-state index contributed by atoms with van der Waals surface area (Å²) in [6.45, 7) is 0. The van der Waals surface area contributed by atoms with Crippen molar-refractivity contribution in [3.8, 4) is 17.2 Å². The number of benzene rings is 2. The Labute approximate surface area is 105 Å². The zero-order valence-electron chi connectivity index (χ0n) is 10.00. The van der Waals surface area contributed by atoms with Gasteiger partial charge in [-0.15, -0.1) is 0 Å². The summed E-state index contributed by atoms with van der Waals surface area (Å²) in [5.41, 5.74) is 1.98. The van der Waals surface area contributed by atoms with E-state index < -0.39 is 0 Å². The van der Waals surface area contributed by atoms with Gasteiger partial charge in [0.1, 0.15) is 11.5 Å². The summed E-state index contributed by atoms with van der Waals surface area (Å²) < 4.78 is 7.20. The first-order valence-corrected chi connectivity index (χ1v) is 5.72. The molecule has 1 aromatic heterocycles. The van der Waals surface area contributed by atoms with Crippen molar-refractivity contribution in [1.29, 1.82) is 0 Å². The van der Waals surface area contributed by atoms with Crippen LogP contribution in [0, 0.1) is 0 Å². The molecular formula is C15H13NO2. The number of hydrogen-bond donors (Lipinski definition) is 1. The molecule has 0 bridgehead atoms. The third kappa shape index (κ3) is 1.70. The van der Waals surface area contributed by atoms with Crippen molar-refractivity contribution in [2.75, 3.05) is 7.11 Å². The normalized spacial score (nSPS) is 10.7. The highest BCUT2D eigenvalue weighted by Crippen LogP contribution is 2.27. The zero-order chi connectivity index (χ0) is 12.5. The lowest BCUT2D eigenvalue weighted by molar-refractivity contribution is 0.407. The molecule has 0 saturated heterocycles. The molecule has 0 amide bonds. The molecule has 0 aliphatic rings. The Hall–Kier alpha value is -2.42. The maximum atomic E-state index is 9.70. The zero-order valence-corrected chi connectivity index (χ0v) is 10.00. The van der Waals surface area contributed by atoms with E-state index in [9.17, 15) is 5.11 Å². The maximum absolute atomic E-state index is 9.70. The van der Waals surface area contributed by atoms with Crippen LogP contribution in [0.2, 0.25) is 0 Å². The van der Waals surface area contributed by atoms with Gasteiger partial charge in [0.15, 0.2) is 0 Å². The fraction of sp³-hybridized carbons (Fsp3) is 0.0667. The van der Waals surface area contributed by atoms with Gasteiger partial charge >= 0.3 is 0 Å². The van der Waals surface area contributed by atoms with Crippen LogP contribution in [0.4, 0.5) is 0 Å². The van der Waals surface area contributed by atoms with Gasteiger partial charge in [0, 0.05) is 24.4 Å². The largest absolute Gasteiger partial charge is 0.508 e. The van der Waals surface area contributed by atoms with Crippen LogP contribution in [-0.2, 0) is 0 Å². The molecule has 3 heteroatoms. The minimum absolute atomic E-state index is 0.196. The average Bonchev–Trinajstić information content (AvgIpc) is 2.81. The van der Waals surface area contributed by atoms with Crippen LogP contribution in [0.15, 0.2) is 54.7 Å². The monoisotopic (exact) mass is 239 g/mol. The Kier molecular flexibility index (Phi) is 2.45. The Morgan fingerprint density at radius 2 is 1.89 bits per heavy atom. The first-order chi connectivity index (χ1) is 8.78. The molecule has 0 fully saturated rings. The van der Waals surface area contributed by atoms with Crippen LogP contribution in [0.3, 0.4) is 0 Å². The minimum atomic E-state index is 0.196. The first kappa shape index (κ1) is 10.7. The smallest absolute Gasteiger partial charge is 0.124 e. The van der Waals surface area contributed by atoms with E-state index in [0.29, 0.717) is 5.75 Å². The van der Waals surface area contributed by atoms with Gasteiger partial charge in [-0.05, 0) is 17.5 Å². The molecule has 0 unspecified atom stereocenters. The second kappa shape index (κ2) is 4.11. The van der Waals surface area contributed by atoms with E-state index in [-0.39, 0.29) is 5.75 Å². The number of ether oxygens (including phenoxy) is 1. The highest BCUT2D eigenvalue weighted by atomic mass is 16.5. The topological polar surface area (TPSA) is 34.4 Å². The predicted octanol–water partition coefficient (Wildman–Crippen LogP) is 3.34. The third-order valence-electron chi connectivity index (χ3n) is 2.99. The number of nitrogens with zero attached hydrogens (tertiary/aromatic N) is 1. The van der Waals surface area contributed by atoms with Crippen LogP contribution in [0.25, 0.3) is 16.6 Å². The molecule has 3 nitrogen and oxygen atoms in total. The number of hydrogen-bond acceptors (Lipinski definition) is 2. The molecule has 1 heterocycles. The molecule has 18 heavy (non-hydrogen) atoms. The summed E-state index contributed by atoms with van der Waals surface area (Å²) in [5.74, 6) is 0.838. The fourth-order valence-corrected chi connectivity index (χ4v) is 2.13. The standard InChI is InChI=1S/C15H13NO2/c1-18-14-9-12(8-13(17)10-14)16-7-6-11-4-2-3-5-15(11)16/h2-10,17H,1H3. The van der Waals surface area contributed by atoms with Gasteiger partial charge in [0.05, 0.1) is 18.3 Å². The molecule has 1 N–H and O–H groups in total. The Bertz CT molecular complexity index is 701. The van der Waals surface area contributed by atoms with E-state index in [1.54, 1.807) is 19.2 Å². The number of aromatic hydroxyl groups is 1. The quantitative estimate of drug-likeness (QED) is 0.744. The molecule has 0 aliphatic heterocycles. The number of para-hydroxylation sites is 1. The number of methoxy groups -OCH3 is 1. The number of rotatable bonds is 2. The molecule has 3 rings (SSSR count). The fourth-order valence-electron chi connectivity index (χ4n) is 2.13. The number of aromatic nitrogens is 1. The highest BCUT2D eigenvalue weighted by Gasteiger charge is 2.05. The van der Waals surface area contributed by atoms with Gasteiger partial charge in [-0.25, -0.2) is 0 Å². The summed E-state index contributed by atoms with van der Waals surface area (Å²) in [6, 6.07) is 15.4. The van der Waals surface area contributed by atoms with Crippen molar-refractivity contribution < 1.29 is 9.84 Å². The summed E-state index contributed by atoms with van der Waals surface area (Å²) >= 11 is 0. The van der Waals surface area contributed by atoms with E-state index in [2.05, 4.69) is 6.07 Å². The van der Waals surface area contributed by atoms with Gasteiger partial charge in [-0.1, -0.05) is 18.2 Å². The lowest BCUT2D eigenvalue weighted by Gasteiger charge is -2.08. The summed E-state index contributed by atoms with van der Waals surface area (Å²) in [5, 5.41) is 10.9. The second-order valence-electron chi connectivity index (χ2n) is 4.13. The van der Waals surface area contributed by atoms with Gasteiger partial charge in [0.25, 0.3) is 0 Å². The molecule has 0 atom stereocenters. The van der Waals surface area contributed by atoms with Crippen LogP contribution >= 0.6 is 0 Å². The summed E-state index contributed by atoms with van der Waals surface area (Å²) in [6.07, 6.45) is 1.98. The third-order valence-corrected chi connectivity index (χ3v) is 2.99. The maximum Gasteiger partial charge on any atom is 0.124 e. The second-order valence-corrected chi connectivity index (χ2v) is 4.13. The van der Waals surface area contributed by atoms with Gasteiger partial charge in [-0.2, -0.15) is 0 Å². The number of fused-ring (bicyclic) bond motifs is 1. The van der Waals surface area contributed by atoms with Crippen molar-refractivity contribution in [1.82, 2.24) is 4.57 Å². The van der Waals surface area contributed by atoms with E-state index in [1.807, 2.05) is 41.1 Å². The van der Waals surface area contributed by atoms with Crippen LogP contribution in [0.1, 0.15) is 0 Å². The highest BCUT2D eigenvalue weighted by molar-refractivity contribution is 5.82. The van der Waals surface area contributed by atoms with Crippen molar-refractivity contribution in [3.05, 3.63) is 54.7 Å². The van der Waals surface area contributed by atoms with Gasteiger partial charge in [-0.3, -0.25) is 0 Å². The van der Waals surface area contributed by atoms with Crippen molar-refractivity contribution >= 4 is 10.9 Å². The molecular weight excluding hydrogens is 226 g/mol. The molecule has 90 valence electrons. The number of phenolic OH excluding ortho intramolecular Hbond substituents is 1. The Morgan fingerprint density at radius 1 is 1.06 bits per heavy atom. The van der Waals surface area contributed by atoms with Gasteiger partial charge in [0.2, 0.25) is 0 Å².